The number of rotatable bonds is 0. The second kappa shape index (κ2) is 2.22. The van der Waals surface area contributed by atoms with E-state index in [0.717, 1.165) is 6.42 Å². The maximum Gasteiger partial charge on any atom is 0.326 e. The highest BCUT2D eigenvalue weighted by Gasteiger charge is 1.95. The first-order valence-corrected chi connectivity index (χ1v) is 2.41. The lowest BCUT2D eigenvalue weighted by Crippen LogP contribution is -2.31. The first-order valence-electron chi connectivity index (χ1n) is 2.41. The molecule has 0 saturated carbocycles. The Balaban J connectivity index is 2.47. The summed E-state index contributed by atoms with van der Waals surface area (Å²) in [5.74, 6) is 2.73. The Morgan fingerprint density at radius 1 is 1.62 bits per heavy atom. The van der Waals surface area contributed by atoms with Gasteiger partial charge in [-0.3, -0.25) is 5.32 Å². The molecule has 0 aromatic rings. The van der Waals surface area contributed by atoms with Gasteiger partial charge in [0.1, 0.15) is 0 Å². The molecule has 0 fully saturated rings. The molecule has 2 N–H and O–H groups in total. The summed E-state index contributed by atoms with van der Waals surface area (Å²) in [6.07, 6.45) is 0.735. The Kier molecular flexibility index (Phi) is 1.38. The van der Waals surface area contributed by atoms with Crippen LogP contribution in [0.2, 0.25) is 0 Å². The highest BCUT2D eigenvalue weighted by Crippen LogP contribution is 1.74. The summed E-state index contributed by atoms with van der Waals surface area (Å²) in [7, 11) is 0. The van der Waals surface area contributed by atoms with Crippen molar-refractivity contribution in [1.29, 1.82) is 0 Å². The van der Waals surface area contributed by atoms with E-state index in [9.17, 15) is 4.79 Å². The predicted octanol–water partition coefficient (Wildman–Crippen LogP) is -0.350. The zero-order valence-corrected chi connectivity index (χ0v) is 4.32. The van der Waals surface area contributed by atoms with Crippen molar-refractivity contribution in [3.63, 3.8) is 0 Å². The van der Waals surface area contributed by atoms with Gasteiger partial charge in [0.2, 0.25) is 0 Å². The highest BCUT2D eigenvalue weighted by molar-refractivity contribution is 5.76. The van der Waals surface area contributed by atoms with Gasteiger partial charge in [-0.05, 0) is 0 Å². The van der Waals surface area contributed by atoms with Gasteiger partial charge in [0.15, 0.2) is 0 Å². The molecular formula is C5H6N2O. The minimum absolute atomic E-state index is 0.199. The SMILES string of the molecule is O=C1NC#CCCN1. The van der Waals surface area contributed by atoms with E-state index >= 15 is 0 Å². The second-order valence-corrected chi connectivity index (χ2v) is 1.43. The molecule has 3 heteroatoms. The van der Waals surface area contributed by atoms with Crippen LogP contribution in [0.4, 0.5) is 4.79 Å². The van der Waals surface area contributed by atoms with Gasteiger partial charge in [0, 0.05) is 19.0 Å². The van der Waals surface area contributed by atoms with Crippen LogP contribution in [0.15, 0.2) is 0 Å². The summed E-state index contributed by atoms with van der Waals surface area (Å²) in [4.78, 5) is 10.4. The van der Waals surface area contributed by atoms with E-state index in [1.165, 1.54) is 0 Å². The fraction of sp³-hybridized carbons (Fsp3) is 0.400. The lowest BCUT2D eigenvalue weighted by Gasteiger charge is -1.94. The molecule has 0 aromatic carbocycles. The third-order valence-corrected chi connectivity index (χ3v) is 0.800. The molecule has 1 aliphatic heterocycles. The van der Waals surface area contributed by atoms with Crippen LogP contribution in [-0.4, -0.2) is 12.6 Å². The zero-order valence-electron chi connectivity index (χ0n) is 4.32. The van der Waals surface area contributed by atoms with Gasteiger partial charge >= 0.3 is 6.03 Å². The van der Waals surface area contributed by atoms with Gasteiger partial charge in [-0.1, -0.05) is 5.92 Å². The van der Waals surface area contributed by atoms with E-state index < -0.39 is 0 Å². The van der Waals surface area contributed by atoms with Crippen LogP contribution in [-0.2, 0) is 0 Å². The normalized spacial score (nSPS) is 16.8. The molecule has 0 aromatic heterocycles. The molecule has 1 heterocycles. The van der Waals surface area contributed by atoms with Crippen LogP contribution in [0.25, 0.3) is 0 Å². The molecule has 8 heavy (non-hydrogen) atoms. The standard InChI is InChI=1S/C5H6N2O/c8-5-6-3-1-2-4-7-5/h1,3H2,(H2,6,7,8). The van der Waals surface area contributed by atoms with Gasteiger partial charge < -0.3 is 5.32 Å². The Morgan fingerprint density at radius 3 is 3.38 bits per heavy atom. The smallest absolute Gasteiger partial charge is 0.326 e. The number of carbonyl (C=O) groups excluding carboxylic acids is 1. The second-order valence-electron chi connectivity index (χ2n) is 1.43. The Hall–Kier alpha value is -1.17. The largest absolute Gasteiger partial charge is 0.336 e. The fourth-order valence-electron chi connectivity index (χ4n) is 0.446. The van der Waals surface area contributed by atoms with Crippen molar-refractivity contribution in [2.45, 2.75) is 6.42 Å². The summed E-state index contributed by atoms with van der Waals surface area (Å²) in [5.41, 5.74) is 0. The van der Waals surface area contributed by atoms with Gasteiger partial charge in [-0.2, -0.15) is 0 Å². The minimum Gasteiger partial charge on any atom is -0.336 e. The topological polar surface area (TPSA) is 41.1 Å². The molecule has 1 aliphatic rings. The number of nitrogens with one attached hydrogen (secondary N) is 2. The lowest BCUT2D eigenvalue weighted by molar-refractivity contribution is 0.245. The predicted molar refractivity (Wildman–Crippen MR) is 28.9 cm³/mol. The number of urea groups is 1. The van der Waals surface area contributed by atoms with E-state index in [2.05, 4.69) is 22.6 Å². The molecule has 3 nitrogen and oxygen atoms in total. The van der Waals surface area contributed by atoms with Crippen molar-refractivity contribution >= 4 is 6.03 Å². The van der Waals surface area contributed by atoms with Crippen LogP contribution in [0.1, 0.15) is 6.42 Å². The summed E-state index contributed by atoms with van der Waals surface area (Å²) in [5, 5.41) is 4.90. The van der Waals surface area contributed by atoms with Crippen molar-refractivity contribution in [2.24, 2.45) is 0 Å². The van der Waals surface area contributed by atoms with E-state index in [0.29, 0.717) is 6.54 Å². The molecular weight excluding hydrogens is 104 g/mol. The summed E-state index contributed by atoms with van der Waals surface area (Å²) >= 11 is 0. The lowest BCUT2D eigenvalue weighted by atomic mass is 10.4. The van der Waals surface area contributed by atoms with Crippen molar-refractivity contribution < 1.29 is 4.79 Å². The highest BCUT2D eigenvalue weighted by atomic mass is 16.2. The Morgan fingerprint density at radius 2 is 2.50 bits per heavy atom. The minimum atomic E-state index is -0.199. The first kappa shape index (κ1) is 4.98. The first-order chi connectivity index (χ1) is 3.89. The average molecular weight is 110 g/mol. The number of hydrogen-bond donors (Lipinski definition) is 2. The molecule has 1 rings (SSSR count). The van der Waals surface area contributed by atoms with E-state index in [4.69, 9.17) is 0 Å². The molecule has 0 saturated heterocycles. The average Bonchev–Trinajstić information content (AvgIpc) is 1.94. The van der Waals surface area contributed by atoms with Crippen LogP contribution >= 0.6 is 0 Å². The van der Waals surface area contributed by atoms with Crippen molar-refractivity contribution in [3.8, 4) is 12.0 Å². The summed E-state index contributed by atoms with van der Waals surface area (Å²) < 4.78 is 0. The molecule has 0 unspecified atom stereocenters. The number of carbonyl (C=O) groups is 1. The van der Waals surface area contributed by atoms with E-state index in [-0.39, 0.29) is 6.03 Å². The number of amides is 2. The molecule has 2 amide bonds. The van der Waals surface area contributed by atoms with Gasteiger partial charge in [0.05, 0.1) is 0 Å². The number of hydrogen-bond acceptors (Lipinski definition) is 1. The quantitative estimate of drug-likeness (QED) is 0.411. The molecule has 42 valence electrons. The third kappa shape index (κ3) is 1.16. The monoisotopic (exact) mass is 110 g/mol. The Bertz CT molecular complexity index is 154. The van der Waals surface area contributed by atoms with Gasteiger partial charge in [-0.25, -0.2) is 4.79 Å². The van der Waals surface area contributed by atoms with Crippen molar-refractivity contribution in [1.82, 2.24) is 10.6 Å². The van der Waals surface area contributed by atoms with Crippen LogP contribution in [0, 0.1) is 12.0 Å². The van der Waals surface area contributed by atoms with E-state index in [1.54, 1.807) is 0 Å². The van der Waals surface area contributed by atoms with Crippen molar-refractivity contribution in [3.05, 3.63) is 0 Å². The van der Waals surface area contributed by atoms with Crippen LogP contribution < -0.4 is 10.6 Å². The molecule has 0 radical (unpaired) electrons. The molecule has 0 aliphatic carbocycles. The van der Waals surface area contributed by atoms with Crippen LogP contribution in [0.5, 0.6) is 0 Å². The van der Waals surface area contributed by atoms with E-state index in [1.807, 2.05) is 0 Å². The van der Waals surface area contributed by atoms with Crippen LogP contribution in [0.3, 0.4) is 0 Å². The van der Waals surface area contributed by atoms with Gasteiger partial charge in [0.25, 0.3) is 0 Å². The van der Waals surface area contributed by atoms with Gasteiger partial charge in [-0.15, -0.1) is 0 Å². The summed E-state index contributed by atoms with van der Waals surface area (Å²) in [6, 6.07) is 2.29. The van der Waals surface area contributed by atoms with Crippen molar-refractivity contribution in [2.75, 3.05) is 6.54 Å². The maximum atomic E-state index is 10.4. The third-order valence-electron chi connectivity index (χ3n) is 0.800. The zero-order chi connectivity index (χ0) is 5.82. The fourth-order valence-corrected chi connectivity index (χ4v) is 0.446. The molecule has 0 spiro atoms. The molecule has 0 bridgehead atoms. The maximum absolute atomic E-state index is 10.4. The summed E-state index contributed by atoms with van der Waals surface area (Å²) in [6.45, 7) is 0.652. The Labute approximate surface area is 47.5 Å². The molecule has 0 atom stereocenters.